The van der Waals surface area contributed by atoms with Crippen molar-refractivity contribution in [1.29, 1.82) is 0 Å². The van der Waals surface area contributed by atoms with E-state index in [1.807, 2.05) is 19.1 Å². The summed E-state index contributed by atoms with van der Waals surface area (Å²) in [4.78, 5) is 27.3. The molecule has 1 aromatic rings. The molecule has 2 unspecified atom stereocenters. The Morgan fingerprint density at radius 2 is 2.32 bits per heavy atom. The van der Waals surface area contributed by atoms with E-state index in [-0.39, 0.29) is 30.2 Å². The van der Waals surface area contributed by atoms with E-state index in [1.165, 1.54) is 6.92 Å². The van der Waals surface area contributed by atoms with Crippen LogP contribution in [-0.2, 0) is 19.9 Å². The third kappa shape index (κ3) is 5.00. The van der Waals surface area contributed by atoms with Crippen molar-refractivity contribution in [1.82, 2.24) is 5.32 Å². The number of esters is 1. The van der Waals surface area contributed by atoms with E-state index < -0.39 is 5.97 Å². The number of hydrogen-bond acceptors (Lipinski definition) is 7. The number of amidine groups is 1. The molecule has 7 nitrogen and oxygen atoms in total. The molecule has 0 saturated carbocycles. The summed E-state index contributed by atoms with van der Waals surface area (Å²) >= 11 is 5.10. The van der Waals surface area contributed by atoms with Gasteiger partial charge in [-0.1, -0.05) is 27.7 Å². The summed E-state index contributed by atoms with van der Waals surface area (Å²) in [5, 5.41) is 3.45. The number of amides is 1. The van der Waals surface area contributed by atoms with Gasteiger partial charge in [-0.15, -0.1) is 0 Å². The fourth-order valence-electron chi connectivity index (χ4n) is 3.54. The molecule has 0 saturated heterocycles. The molecule has 3 atom stereocenters. The molecule has 1 spiro atoms. The Balaban J connectivity index is 1.62. The maximum absolute atomic E-state index is 11.8. The van der Waals surface area contributed by atoms with Crippen LogP contribution >= 0.6 is 27.7 Å². The Labute approximate surface area is 176 Å². The number of ether oxygens (including phenoxy) is 2. The number of carbonyl (C=O) groups is 2. The van der Waals surface area contributed by atoms with E-state index in [1.54, 1.807) is 11.8 Å². The highest BCUT2D eigenvalue weighted by atomic mass is 79.9. The van der Waals surface area contributed by atoms with Crippen molar-refractivity contribution in [2.24, 2.45) is 10.7 Å². The Bertz CT molecular complexity index is 803. The lowest BCUT2D eigenvalue weighted by Crippen LogP contribution is -2.40. The monoisotopic (exact) mass is 469 g/mol. The van der Waals surface area contributed by atoms with E-state index >= 15 is 0 Å². The molecule has 1 amide bonds. The number of halogens is 1. The summed E-state index contributed by atoms with van der Waals surface area (Å²) in [6.07, 6.45) is 2.24. The van der Waals surface area contributed by atoms with Gasteiger partial charge >= 0.3 is 5.97 Å². The number of aliphatic imine (C=N–C) groups is 1. The van der Waals surface area contributed by atoms with E-state index in [0.29, 0.717) is 5.17 Å². The van der Waals surface area contributed by atoms with Crippen molar-refractivity contribution in [3.63, 3.8) is 0 Å². The number of nitrogens with one attached hydrogen (secondary N) is 1. The van der Waals surface area contributed by atoms with Gasteiger partial charge in [0, 0.05) is 35.2 Å². The molecular formula is C19H24BrN3O4S. The zero-order valence-corrected chi connectivity index (χ0v) is 18.3. The van der Waals surface area contributed by atoms with Crippen LogP contribution in [0.5, 0.6) is 5.75 Å². The second-order valence-corrected chi connectivity index (χ2v) is 9.09. The third-order valence-corrected chi connectivity index (χ3v) is 6.32. The molecule has 28 heavy (non-hydrogen) atoms. The molecule has 2 heterocycles. The fourth-order valence-corrected chi connectivity index (χ4v) is 4.87. The molecule has 3 N–H and O–H groups in total. The fraction of sp³-hybridized carbons (Fsp3) is 0.526. The van der Waals surface area contributed by atoms with Crippen LogP contribution in [0.2, 0.25) is 0 Å². The number of carbonyl (C=O) groups excluding carboxylic acids is 2. The van der Waals surface area contributed by atoms with Gasteiger partial charge in [0.1, 0.15) is 17.4 Å². The van der Waals surface area contributed by atoms with Crippen LogP contribution in [0.4, 0.5) is 0 Å². The van der Waals surface area contributed by atoms with Crippen molar-refractivity contribution in [3.05, 3.63) is 28.2 Å². The molecule has 0 aromatic heterocycles. The first-order valence-corrected chi connectivity index (χ1v) is 10.9. The first-order chi connectivity index (χ1) is 13.3. The minimum Gasteiger partial charge on any atom is -0.490 e. The van der Waals surface area contributed by atoms with Gasteiger partial charge in [0.15, 0.2) is 11.8 Å². The first-order valence-electron chi connectivity index (χ1n) is 9.15. The number of nitrogens with two attached hydrogens (primary N) is 1. The minimum atomic E-state index is -0.469. The summed E-state index contributed by atoms with van der Waals surface area (Å²) in [5.74, 6) is 0.869. The Hall–Kier alpha value is -1.74. The van der Waals surface area contributed by atoms with Crippen molar-refractivity contribution < 1.29 is 19.1 Å². The number of hydrogen-bond donors (Lipinski definition) is 2. The summed E-state index contributed by atoms with van der Waals surface area (Å²) in [6, 6.07) is 5.93. The topological polar surface area (TPSA) is 103 Å². The van der Waals surface area contributed by atoms with E-state index in [9.17, 15) is 9.59 Å². The van der Waals surface area contributed by atoms with Gasteiger partial charge in [-0.25, -0.2) is 0 Å². The maximum atomic E-state index is 11.8. The molecule has 152 valence electrons. The van der Waals surface area contributed by atoms with Gasteiger partial charge in [0.05, 0.1) is 0 Å². The van der Waals surface area contributed by atoms with Gasteiger partial charge in [-0.05, 0) is 38.0 Å². The predicted molar refractivity (Wildman–Crippen MR) is 112 cm³/mol. The standard InChI is InChI=1S/C19H24BrN3O4S/c1-11(22-17(25)9-26-12(2)24)3-5-14-8-19(10-28-18(21)23-19)15-7-13(20)4-6-16(15)27-14/h4,6-7,11,14H,3,5,8-10H2,1-2H3,(H2,21,23)(H,22,25)/t11?,14-,19?/m0/s1. The summed E-state index contributed by atoms with van der Waals surface area (Å²) < 4.78 is 11.9. The van der Waals surface area contributed by atoms with Crippen LogP contribution in [0.3, 0.4) is 0 Å². The normalized spacial score (nSPS) is 24.1. The summed E-state index contributed by atoms with van der Waals surface area (Å²) in [6.45, 7) is 2.95. The Morgan fingerprint density at radius 1 is 1.54 bits per heavy atom. The molecule has 0 aliphatic carbocycles. The molecule has 0 fully saturated rings. The number of thioether (sulfide) groups is 1. The zero-order chi connectivity index (χ0) is 20.3. The van der Waals surface area contributed by atoms with Crippen LogP contribution in [0, 0.1) is 0 Å². The molecule has 2 aliphatic rings. The first kappa shape index (κ1) is 21.0. The smallest absolute Gasteiger partial charge is 0.303 e. The largest absolute Gasteiger partial charge is 0.490 e. The second kappa shape index (κ2) is 8.73. The van der Waals surface area contributed by atoms with Crippen molar-refractivity contribution in [2.45, 2.75) is 50.8 Å². The van der Waals surface area contributed by atoms with Crippen molar-refractivity contribution in [3.8, 4) is 5.75 Å². The molecule has 2 aliphatic heterocycles. The SMILES string of the molecule is CC(=O)OCC(=O)NC(C)CC[C@H]1CC2(CSC(N)=N2)c2cc(Br)ccc2O1. The Morgan fingerprint density at radius 3 is 3.00 bits per heavy atom. The van der Waals surface area contributed by atoms with Gasteiger partial charge in [-0.2, -0.15) is 0 Å². The van der Waals surface area contributed by atoms with Crippen LogP contribution in [0.1, 0.15) is 38.7 Å². The lowest BCUT2D eigenvalue weighted by Gasteiger charge is -2.38. The number of rotatable bonds is 6. The van der Waals surface area contributed by atoms with Crippen LogP contribution in [0.25, 0.3) is 0 Å². The van der Waals surface area contributed by atoms with Crippen LogP contribution < -0.4 is 15.8 Å². The lowest BCUT2D eigenvalue weighted by molar-refractivity contribution is -0.146. The number of nitrogens with zero attached hydrogens (tertiary/aromatic N) is 1. The summed E-state index contributed by atoms with van der Waals surface area (Å²) in [7, 11) is 0. The second-order valence-electron chi connectivity index (χ2n) is 7.18. The number of benzene rings is 1. The minimum absolute atomic E-state index is 0.0169. The molecule has 1 aromatic carbocycles. The van der Waals surface area contributed by atoms with E-state index in [0.717, 1.165) is 40.8 Å². The predicted octanol–water partition coefficient (Wildman–Crippen LogP) is 2.71. The lowest BCUT2D eigenvalue weighted by atomic mass is 9.82. The highest BCUT2D eigenvalue weighted by Crippen LogP contribution is 2.48. The summed E-state index contributed by atoms with van der Waals surface area (Å²) in [5.41, 5.74) is 6.69. The van der Waals surface area contributed by atoms with Crippen LogP contribution in [0.15, 0.2) is 27.7 Å². The maximum Gasteiger partial charge on any atom is 0.303 e. The van der Waals surface area contributed by atoms with E-state index in [4.69, 9.17) is 20.2 Å². The molecule has 3 rings (SSSR count). The van der Waals surface area contributed by atoms with Crippen molar-refractivity contribution >= 4 is 44.7 Å². The quantitative estimate of drug-likeness (QED) is 0.620. The number of fused-ring (bicyclic) bond motifs is 2. The average Bonchev–Trinajstić information content (AvgIpc) is 3.00. The average molecular weight is 470 g/mol. The van der Waals surface area contributed by atoms with Gasteiger partial charge in [0.2, 0.25) is 0 Å². The van der Waals surface area contributed by atoms with Gasteiger partial charge in [0.25, 0.3) is 5.91 Å². The van der Waals surface area contributed by atoms with E-state index in [2.05, 4.69) is 27.3 Å². The molecule has 9 heteroatoms. The highest BCUT2D eigenvalue weighted by molar-refractivity contribution is 9.10. The molecule has 0 bridgehead atoms. The van der Waals surface area contributed by atoms with Crippen LogP contribution in [-0.4, -0.2) is 41.5 Å². The Kier molecular flexibility index (Phi) is 6.54. The molecule has 0 radical (unpaired) electrons. The zero-order valence-electron chi connectivity index (χ0n) is 15.9. The van der Waals surface area contributed by atoms with Gasteiger partial charge in [-0.3, -0.25) is 14.6 Å². The third-order valence-electron chi connectivity index (χ3n) is 4.82. The van der Waals surface area contributed by atoms with Crippen molar-refractivity contribution in [2.75, 3.05) is 12.4 Å². The van der Waals surface area contributed by atoms with Gasteiger partial charge < -0.3 is 20.5 Å². The molecular weight excluding hydrogens is 446 g/mol. The highest BCUT2D eigenvalue weighted by Gasteiger charge is 2.45.